The van der Waals surface area contributed by atoms with E-state index in [4.69, 9.17) is 19.2 Å². The average molecular weight is 355 g/mol. The van der Waals surface area contributed by atoms with Crippen LogP contribution in [-0.2, 0) is 9.47 Å². The summed E-state index contributed by atoms with van der Waals surface area (Å²) in [6.45, 7) is 1.95. The maximum absolute atomic E-state index is 11.5. The van der Waals surface area contributed by atoms with E-state index in [1.165, 1.54) is 0 Å². The summed E-state index contributed by atoms with van der Waals surface area (Å²) >= 11 is 0. The van der Waals surface area contributed by atoms with Crippen LogP contribution in [0.3, 0.4) is 0 Å². The molecular formula is C14H21N5O6. The summed E-state index contributed by atoms with van der Waals surface area (Å²) < 4.78 is 15.0. The fourth-order valence-electron chi connectivity index (χ4n) is 2.42. The Morgan fingerprint density at radius 1 is 1.28 bits per heavy atom. The number of fused-ring (bicyclic) bond motifs is 1. The second kappa shape index (κ2) is 9.11. The zero-order valence-corrected chi connectivity index (χ0v) is 14.1. The van der Waals surface area contributed by atoms with Crippen LogP contribution >= 0.6 is 0 Å². The molecule has 0 amide bonds. The van der Waals surface area contributed by atoms with Crippen LogP contribution in [0.5, 0.6) is 0 Å². The Hall–Kier alpha value is -2.50. The van der Waals surface area contributed by atoms with Crippen LogP contribution in [-0.4, -0.2) is 74.0 Å². The Kier molecular flexibility index (Phi) is 6.86. The molecule has 11 heteroatoms. The van der Waals surface area contributed by atoms with Gasteiger partial charge < -0.3 is 24.8 Å². The summed E-state index contributed by atoms with van der Waals surface area (Å²) in [5.74, 6) is 0. The second-order valence-electron chi connectivity index (χ2n) is 5.13. The standard InChI is InChI=1S/C14H21N5O6/c1-23-7-4-18(5-8-24-2)11-9-10(15-3-6-20)14(19(21)22)13-12(11)16-25-17-13/h9,15,20H,3-8H2,1-2H3. The lowest BCUT2D eigenvalue weighted by molar-refractivity contribution is -0.382. The molecule has 0 saturated heterocycles. The first-order valence-corrected chi connectivity index (χ1v) is 7.65. The van der Waals surface area contributed by atoms with E-state index in [0.29, 0.717) is 32.0 Å². The second-order valence-corrected chi connectivity index (χ2v) is 5.13. The number of nitrogens with one attached hydrogen (secondary N) is 1. The number of hydrogen-bond acceptors (Lipinski definition) is 10. The number of nitro groups is 1. The van der Waals surface area contributed by atoms with Gasteiger partial charge in [0.1, 0.15) is 5.69 Å². The molecule has 0 fully saturated rings. The van der Waals surface area contributed by atoms with Gasteiger partial charge in [-0.25, -0.2) is 4.63 Å². The molecule has 0 saturated carbocycles. The zero-order valence-electron chi connectivity index (χ0n) is 14.1. The number of aromatic nitrogens is 2. The monoisotopic (exact) mass is 355 g/mol. The SMILES string of the molecule is COCCN(CCOC)c1cc(NCCO)c([N+](=O)[O-])c2nonc12. The number of rotatable bonds is 11. The molecule has 1 aromatic carbocycles. The van der Waals surface area contributed by atoms with Crippen molar-refractivity contribution in [2.24, 2.45) is 0 Å². The molecule has 25 heavy (non-hydrogen) atoms. The van der Waals surface area contributed by atoms with Crippen LogP contribution in [0.1, 0.15) is 0 Å². The van der Waals surface area contributed by atoms with Crippen LogP contribution in [0.4, 0.5) is 17.1 Å². The molecule has 138 valence electrons. The molecule has 11 nitrogen and oxygen atoms in total. The van der Waals surface area contributed by atoms with Crippen molar-refractivity contribution < 1.29 is 24.1 Å². The van der Waals surface area contributed by atoms with Crippen molar-refractivity contribution in [3.63, 3.8) is 0 Å². The van der Waals surface area contributed by atoms with E-state index >= 15 is 0 Å². The number of ether oxygens (including phenoxy) is 2. The highest BCUT2D eigenvalue weighted by Gasteiger charge is 2.27. The van der Waals surface area contributed by atoms with Gasteiger partial charge in [-0.1, -0.05) is 0 Å². The van der Waals surface area contributed by atoms with E-state index in [-0.39, 0.29) is 35.6 Å². The van der Waals surface area contributed by atoms with Crippen LogP contribution in [0.2, 0.25) is 0 Å². The molecule has 0 radical (unpaired) electrons. The molecule has 2 rings (SSSR count). The van der Waals surface area contributed by atoms with Gasteiger partial charge in [0.15, 0.2) is 5.52 Å². The van der Waals surface area contributed by atoms with E-state index in [0.717, 1.165) is 0 Å². The van der Waals surface area contributed by atoms with Gasteiger partial charge in [-0.15, -0.1) is 0 Å². The fraction of sp³-hybridized carbons (Fsp3) is 0.571. The number of methoxy groups -OCH3 is 2. The van der Waals surface area contributed by atoms with E-state index in [1.807, 2.05) is 4.90 Å². The van der Waals surface area contributed by atoms with Gasteiger partial charge in [-0.3, -0.25) is 10.1 Å². The van der Waals surface area contributed by atoms with E-state index < -0.39 is 4.92 Å². The lowest BCUT2D eigenvalue weighted by Gasteiger charge is -2.24. The normalized spacial score (nSPS) is 11.0. The third kappa shape index (κ3) is 4.32. The van der Waals surface area contributed by atoms with Crippen molar-refractivity contribution in [2.45, 2.75) is 0 Å². The van der Waals surface area contributed by atoms with E-state index in [2.05, 4.69) is 15.6 Å². The predicted molar refractivity (Wildman–Crippen MR) is 90.0 cm³/mol. The number of anilines is 2. The predicted octanol–water partition coefficient (Wildman–Crippen LogP) is 0.634. The molecule has 0 atom stereocenters. The van der Waals surface area contributed by atoms with Crippen LogP contribution < -0.4 is 10.2 Å². The molecule has 1 heterocycles. The number of hydrogen-bond donors (Lipinski definition) is 2. The van der Waals surface area contributed by atoms with Gasteiger partial charge in [0.2, 0.25) is 5.52 Å². The Bertz CT molecular complexity index is 698. The number of nitrogens with zero attached hydrogens (tertiary/aromatic N) is 4. The quantitative estimate of drug-likeness (QED) is 0.436. The highest BCUT2D eigenvalue weighted by Crippen LogP contribution is 2.38. The molecule has 2 N–H and O–H groups in total. The lowest BCUT2D eigenvalue weighted by Crippen LogP contribution is -2.31. The smallest absolute Gasteiger partial charge is 0.323 e. The first kappa shape index (κ1) is 18.8. The molecule has 0 spiro atoms. The summed E-state index contributed by atoms with van der Waals surface area (Å²) in [6.07, 6.45) is 0. The van der Waals surface area contributed by atoms with Gasteiger partial charge in [0.05, 0.1) is 30.4 Å². The van der Waals surface area contributed by atoms with Gasteiger partial charge in [-0.05, 0) is 16.4 Å². The van der Waals surface area contributed by atoms with Gasteiger partial charge >= 0.3 is 5.69 Å². The number of benzene rings is 1. The van der Waals surface area contributed by atoms with E-state index in [9.17, 15) is 10.1 Å². The number of aliphatic hydroxyl groups excluding tert-OH is 1. The molecule has 0 aliphatic carbocycles. The molecule has 0 aliphatic rings. The van der Waals surface area contributed by atoms with Crippen LogP contribution in [0.15, 0.2) is 10.7 Å². The maximum Gasteiger partial charge on any atom is 0.323 e. The zero-order chi connectivity index (χ0) is 18.2. The van der Waals surface area contributed by atoms with Gasteiger partial charge in [0, 0.05) is 33.9 Å². The Morgan fingerprint density at radius 3 is 2.48 bits per heavy atom. The van der Waals surface area contributed by atoms with Crippen molar-refractivity contribution >= 4 is 28.1 Å². The molecule has 2 aromatic rings. The third-order valence-corrected chi connectivity index (χ3v) is 3.57. The number of aliphatic hydroxyl groups is 1. The summed E-state index contributed by atoms with van der Waals surface area (Å²) in [5, 5.41) is 30.8. The van der Waals surface area contributed by atoms with Crippen molar-refractivity contribution in [1.29, 1.82) is 0 Å². The first-order valence-electron chi connectivity index (χ1n) is 7.65. The summed E-state index contributed by atoms with van der Waals surface area (Å²) in [5.41, 5.74) is 0.927. The highest BCUT2D eigenvalue weighted by molar-refractivity contribution is 5.99. The van der Waals surface area contributed by atoms with Gasteiger partial charge in [-0.2, -0.15) is 0 Å². The minimum Gasteiger partial charge on any atom is -0.395 e. The number of nitro benzene ring substituents is 1. The average Bonchev–Trinajstić information content (AvgIpc) is 3.08. The highest BCUT2D eigenvalue weighted by atomic mass is 16.6. The molecule has 0 unspecified atom stereocenters. The first-order chi connectivity index (χ1) is 12.1. The van der Waals surface area contributed by atoms with Crippen LogP contribution in [0.25, 0.3) is 11.0 Å². The van der Waals surface area contributed by atoms with Gasteiger partial charge in [0.25, 0.3) is 0 Å². The minimum atomic E-state index is -0.551. The van der Waals surface area contributed by atoms with Crippen molar-refractivity contribution in [3.8, 4) is 0 Å². The molecule has 0 aliphatic heterocycles. The Labute approximate surface area is 143 Å². The minimum absolute atomic E-state index is 0.0442. The van der Waals surface area contributed by atoms with Crippen molar-refractivity contribution in [2.75, 3.05) is 63.9 Å². The summed E-state index contributed by atoms with van der Waals surface area (Å²) in [6, 6.07) is 1.60. The van der Waals surface area contributed by atoms with Crippen molar-refractivity contribution in [1.82, 2.24) is 10.3 Å². The summed E-state index contributed by atoms with van der Waals surface area (Å²) in [7, 11) is 3.18. The largest absolute Gasteiger partial charge is 0.395 e. The third-order valence-electron chi connectivity index (χ3n) is 3.57. The topological polar surface area (TPSA) is 136 Å². The van der Waals surface area contributed by atoms with Crippen molar-refractivity contribution in [3.05, 3.63) is 16.2 Å². The molecule has 0 bridgehead atoms. The maximum atomic E-state index is 11.5. The lowest BCUT2D eigenvalue weighted by atomic mass is 10.1. The molecule has 1 aromatic heterocycles. The Morgan fingerprint density at radius 2 is 1.92 bits per heavy atom. The summed E-state index contributed by atoms with van der Waals surface area (Å²) in [4.78, 5) is 12.8. The Balaban J connectivity index is 2.54. The van der Waals surface area contributed by atoms with Crippen LogP contribution in [0, 0.1) is 10.1 Å². The fourth-order valence-corrected chi connectivity index (χ4v) is 2.42. The van der Waals surface area contributed by atoms with E-state index in [1.54, 1.807) is 20.3 Å². The molecular weight excluding hydrogens is 334 g/mol.